The number of benzene rings is 3. The largest absolute Gasteiger partial charge is 0.321 e. The van der Waals surface area contributed by atoms with Crippen molar-refractivity contribution in [1.29, 1.82) is 0 Å². The van der Waals surface area contributed by atoms with E-state index in [1.54, 1.807) is 21.4 Å². The van der Waals surface area contributed by atoms with Gasteiger partial charge in [0.2, 0.25) is 0 Å². The highest BCUT2D eigenvalue weighted by Gasteiger charge is 2.34. The quantitative estimate of drug-likeness (QED) is 0.313. The van der Waals surface area contributed by atoms with Crippen molar-refractivity contribution in [2.75, 3.05) is 29.0 Å². The van der Waals surface area contributed by atoms with Crippen molar-refractivity contribution >= 4 is 47.7 Å². The van der Waals surface area contributed by atoms with Gasteiger partial charge in [-0.25, -0.2) is 0 Å². The smallest absolute Gasteiger partial charge is 0.268 e. The van der Waals surface area contributed by atoms with Gasteiger partial charge in [-0.15, -0.1) is 10.6 Å². The Bertz CT molecular complexity index is 1350. The molecule has 1 amide bonds. The van der Waals surface area contributed by atoms with E-state index in [2.05, 4.69) is 28.6 Å². The number of Topliss-reactive ketones (excluding diaryl/α,β-unsaturated/α-hetero) is 1. The summed E-state index contributed by atoms with van der Waals surface area (Å²) in [5.41, 5.74) is 12.9. The Morgan fingerprint density at radius 2 is 1.71 bits per heavy atom. The van der Waals surface area contributed by atoms with Gasteiger partial charge in [-0.2, -0.15) is 17.7 Å². The number of para-hydroxylation sites is 2. The van der Waals surface area contributed by atoms with Crippen molar-refractivity contribution in [2.24, 2.45) is 15.8 Å². The van der Waals surface area contributed by atoms with Crippen molar-refractivity contribution in [1.82, 2.24) is 15.9 Å². The summed E-state index contributed by atoms with van der Waals surface area (Å²) in [6.45, 7) is 0.0294. The zero-order valence-electron chi connectivity index (χ0n) is 20.5. The van der Waals surface area contributed by atoms with Crippen LogP contribution >= 0.6 is 12.6 Å². The van der Waals surface area contributed by atoms with E-state index in [4.69, 9.17) is 10.7 Å². The van der Waals surface area contributed by atoms with Crippen LogP contribution in [0.25, 0.3) is 0 Å². The molecule has 3 aromatic carbocycles. The summed E-state index contributed by atoms with van der Waals surface area (Å²) in [5, 5.41) is 10.7. The average molecular weight is 529 g/mol. The van der Waals surface area contributed by atoms with Gasteiger partial charge >= 0.3 is 0 Å². The van der Waals surface area contributed by atoms with Gasteiger partial charge in [0.1, 0.15) is 13.0 Å². The molecule has 0 aromatic heterocycles. The van der Waals surface area contributed by atoms with E-state index in [9.17, 15) is 9.59 Å². The van der Waals surface area contributed by atoms with E-state index >= 15 is 0 Å². The lowest BCUT2D eigenvalue weighted by molar-refractivity contribution is -0.121. The monoisotopic (exact) mass is 528 g/mol. The molecular weight excluding hydrogens is 500 g/mol. The van der Waals surface area contributed by atoms with Crippen LogP contribution in [0.1, 0.15) is 11.1 Å². The third-order valence-electron chi connectivity index (χ3n) is 6.16. The van der Waals surface area contributed by atoms with E-state index in [0.717, 1.165) is 16.8 Å². The molecule has 0 bridgehead atoms. The molecule has 10 nitrogen and oxygen atoms in total. The average Bonchev–Trinajstić information content (AvgIpc) is 3.41. The number of carbonyl (C=O) groups is 2. The number of hydrazone groups is 1. The standard InChI is InChI=1S/C27H28N8O2S/c28-22(16-38)24(36)15-29-26-27(37)34(18-33-17-30-35(32-33)20-11-5-2-6-12-20)23-14-8-7-13-21(23)25(31-26)19-9-3-1-4-10-19/h1-14,17,22,26,29,32,38H,15-16,18,28H2. The van der Waals surface area contributed by atoms with Gasteiger partial charge in [-0.05, 0) is 18.2 Å². The van der Waals surface area contributed by atoms with Crippen LogP contribution < -0.4 is 26.6 Å². The number of hydrogen-bond donors (Lipinski definition) is 4. The highest BCUT2D eigenvalue weighted by Crippen LogP contribution is 2.28. The fourth-order valence-electron chi connectivity index (χ4n) is 4.17. The number of hydrazine groups is 2. The maximum Gasteiger partial charge on any atom is 0.268 e. The minimum Gasteiger partial charge on any atom is -0.321 e. The minimum atomic E-state index is -1.02. The predicted molar refractivity (Wildman–Crippen MR) is 152 cm³/mol. The third kappa shape index (κ3) is 5.46. The minimum absolute atomic E-state index is 0.112. The number of nitrogens with two attached hydrogens (primary N) is 1. The molecule has 0 saturated carbocycles. The first-order valence-corrected chi connectivity index (χ1v) is 12.8. The summed E-state index contributed by atoms with van der Waals surface area (Å²) < 4.78 is 0. The van der Waals surface area contributed by atoms with Crippen molar-refractivity contribution < 1.29 is 9.59 Å². The maximum atomic E-state index is 14.0. The predicted octanol–water partition coefficient (Wildman–Crippen LogP) is 1.76. The summed E-state index contributed by atoms with van der Waals surface area (Å²) in [4.78, 5) is 32.9. The molecule has 4 N–H and O–H groups in total. The molecule has 3 aromatic rings. The molecule has 0 radical (unpaired) electrons. The van der Waals surface area contributed by atoms with Gasteiger partial charge < -0.3 is 5.73 Å². The lowest BCUT2D eigenvalue weighted by atomic mass is 10.0. The first-order valence-electron chi connectivity index (χ1n) is 12.1. The Hall–Kier alpha value is -4.03. The van der Waals surface area contributed by atoms with Gasteiger partial charge in [-0.3, -0.25) is 29.8 Å². The van der Waals surface area contributed by atoms with E-state index in [-0.39, 0.29) is 30.7 Å². The summed E-state index contributed by atoms with van der Waals surface area (Å²) in [7, 11) is 0. The zero-order chi connectivity index (χ0) is 26.5. The molecule has 0 spiro atoms. The number of nitrogens with zero attached hydrogens (tertiary/aromatic N) is 5. The third-order valence-corrected chi connectivity index (χ3v) is 6.55. The lowest BCUT2D eigenvalue weighted by Crippen LogP contribution is -2.53. The van der Waals surface area contributed by atoms with Crippen LogP contribution in [0.4, 0.5) is 11.4 Å². The molecule has 2 unspecified atom stereocenters. The van der Waals surface area contributed by atoms with E-state index < -0.39 is 12.2 Å². The summed E-state index contributed by atoms with van der Waals surface area (Å²) >= 11 is 4.11. The Kier molecular flexibility index (Phi) is 7.80. The van der Waals surface area contributed by atoms with Crippen LogP contribution in [0.5, 0.6) is 0 Å². The Labute approximate surface area is 226 Å². The first kappa shape index (κ1) is 25.6. The number of carbonyl (C=O) groups excluding carboxylic acids is 2. The second-order valence-electron chi connectivity index (χ2n) is 8.76. The van der Waals surface area contributed by atoms with Crippen molar-refractivity contribution in [3.63, 3.8) is 0 Å². The van der Waals surface area contributed by atoms with E-state index in [1.165, 1.54) is 0 Å². The van der Waals surface area contributed by atoms with Crippen molar-refractivity contribution in [3.8, 4) is 0 Å². The van der Waals surface area contributed by atoms with Crippen LogP contribution in [0.2, 0.25) is 0 Å². The fourth-order valence-corrected chi connectivity index (χ4v) is 4.37. The maximum absolute atomic E-state index is 14.0. The molecule has 2 aliphatic heterocycles. The molecule has 0 saturated heterocycles. The number of hydrogen-bond acceptors (Lipinski definition) is 10. The second-order valence-corrected chi connectivity index (χ2v) is 9.12. The number of benzodiazepines with no additional fused rings is 1. The highest BCUT2D eigenvalue weighted by atomic mass is 32.1. The van der Waals surface area contributed by atoms with E-state index in [1.807, 2.05) is 84.9 Å². The Balaban J connectivity index is 1.47. The lowest BCUT2D eigenvalue weighted by Gasteiger charge is -2.29. The molecule has 2 aliphatic rings. The highest BCUT2D eigenvalue weighted by molar-refractivity contribution is 7.80. The van der Waals surface area contributed by atoms with Crippen molar-refractivity contribution in [3.05, 3.63) is 96.1 Å². The summed E-state index contributed by atoms with van der Waals surface area (Å²) in [6.07, 6.45) is 0.600. The number of amides is 1. The number of rotatable bonds is 9. The molecule has 0 fully saturated rings. The Morgan fingerprint density at radius 3 is 2.45 bits per heavy atom. The van der Waals surface area contributed by atoms with Gasteiger partial charge in [0, 0.05) is 16.9 Å². The molecule has 0 aliphatic carbocycles. The number of aliphatic imine (C=N–C) groups is 1. The molecule has 38 heavy (non-hydrogen) atoms. The number of fused-ring (bicyclic) bond motifs is 1. The molecule has 5 rings (SSSR count). The molecule has 2 atom stereocenters. The summed E-state index contributed by atoms with van der Waals surface area (Å²) in [6, 6.07) is 26.2. The molecule has 194 valence electrons. The van der Waals surface area contributed by atoms with Gasteiger partial charge in [-0.1, -0.05) is 66.7 Å². The topological polar surface area (TPSA) is 119 Å². The normalized spacial score (nSPS) is 17.7. The van der Waals surface area contributed by atoms with Gasteiger partial charge in [0.15, 0.2) is 11.9 Å². The van der Waals surface area contributed by atoms with Crippen LogP contribution in [0.3, 0.4) is 0 Å². The van der Waals surface area contributed by atoms with Crippen LogP contribution in [-0.4, -0.2) is 59.9 Å². The number of anilines is 2. The van der Waals surface area contributed by atoms with Gasteiger partial charge in [0.05, 0.1) is 29.7 Å². The number of nitrogens with one attached hydrogen (secondary N) is 2. The van der Waals surface area contributed by atoms with Gasteiger partial charge in [0.25, 0.3) is 5.91 Å². The fraction of sp³-hybridized carbons (Fsp3) is 0.185. The molecular formula is C27H28N8O2S. The van der Waals surface area contributed by atoms with E-state index in [0.29, 0.717) is 11.4 Å². The first-order chi connectivity index (χ1) is 18.5. The van der Waals surface area contributed by atoms with Crippen LogP contribution in [-0.2, 0) is 9.59 Å². The SMILES string of the molecule is NC(CS)C(=O)CNC1N=C(c2ccccc2)c2ccccc2N(CN2C=NN(c3ccccc3)N2)C1=O. The number of thiol groups is 1. The summed E-state index contributed by atoms with van der Waals surface area (Å²) in [5.74, 6) is -0.346. The Morgan fingerprint density at radius 1 is 1.03 bits per heavy atom. The van der Waals surface area contributed by atoms with Crippen LogP contribution in [0.15, 0.2) is 95.0 Å². The molecule has 2 heterocycles. The zero-order valence-corrected chi connectivity index (χ0v) is 21.4. The molecule has 11 heteroatoms. The number of ketones is 1. The second kappa shape index (κ2) is 11.6. The van der Waals surface area contributed by atoms with Crippen molar-refractivity contribution in [2.45, 2.75) is 12.2 Å². The van der Waals surface area contributed by atoms with Crippen LogP contribution in [0, 0.1) is 0 Å².